The smallest absolute Gasteiger partial charge is 0.339 e. The summed E-state index contributed by atoms with van der Waals surface area (Å²) in [6.07, 6.45) is 1.99. The molecule has 1 aromatic carbocycles. The minimum Gasteiger partial charge on any atom is -0.449 e. The molecular weight excluding hydrogens is 282 g/mol. The molecule has 1 aromatic heterocycles. The van der Waals surface area contributed by atoms with E-state index in [9.17, 15) is 9.59 Å². The van der Waals surface area contributed by atoms with E-state index in [0.717, 1.165) is 0 Å². The van der Waals surface area contributed by atoms with Crippen molar-refractivity contribution in [3.05, 3.63) is 59.9 Å². The predicted molar refractivity (Wildman–Crippen MR) is 78.9 cm³/mol. The number of ether oxygens (including phenoxy) is 1. The summed E-state index contributed by atoms with van der Waals surface area (Å²) in [6.45, 7) is 1.48. The van der Waals surface area contributed by atoms with E-state index in [1.807, 2.05) is 6.07 Å². The van der Waals surface area contributed by atoms with Crippen LogP contribution in [0.4, 0.5) is 5.69 Å². The molecular formula is C16H13N3O3. The van der Waals surface area contributed by atoms with E-state index in [1.54, 1.807) is 24.3 Å². The van der Waals surface area contributed by atoms with Gasteiger partial charge in [0.05, 0.1) is 17.2 Å². The van der Waals surface area contributed by atoms with Gasteiger partial charge in [-0.25, -0.2) is 4.79 Å². The number of esters is 1. The second kappa shape index (κ2) is 6.99. The van der Waals surface area contributed by atoms with Crippen LogP contribution in [0.1, 0.15) is 22.8 Å². The zero-order valence-electron chi connectivity index (χ0n) is 11.8. The molecule has 2 rings (SSSR count). The van der Waals surface area contributed by atoms with Crippen LogP contribution in [0.5, 0.6) is 0 Å². The van der Waals surface area contributed by atoms with Crippen molar-refractivity contribution in [1.82, 2.24) is 4.98 Å². The summed E-state index contributed by atoms with van der Waals surface area (Å²) >= 11 is 0. The standard InChI is InChI=1S/C16H13N3O3/c1-11(22-16(21)13-6-8-18-9-7-13)15(20)19-14-4-2-12(10-17)3-5-14/h2-9,11H,1H3,(H,19,20)/t11-/m0/s1. The van der Waals surface area contributed by atoms with E-state index < -0.39 is 18.0 Å². The quantitative estimate of drug-likeness (QED) is 0.872. The summed E-state index contributed by atoms with van der Waals surface area (Å²) in [4.78, 5) is 27.6. The number of benzene rings is 1. The number of nitrogens with zero attached hydrogens (tertiary/aromatic N) is 2. The van der Waals surface area contributed by atoms with Gasteiger partial charge in [0.2, 0.25) is 0 Å². The Hall–Kier alpha value is -3.20. The number of amides is 1. The molecule has 0 bridgehead atoms. The third-order valence-electron chi connectivity index (χ3n) is 2.85. The molecule has 2 aromatic rings. The lowest BCUT2D eigenvalue weighted by Crippen LogP contribution is -2.30. The number of rotatable bonds is 4. The molecule has 1 heterocycles. The average Bonchev–Trinajstić information content (AvgIpc) is 2.56. The first-order chi connectivity index (χ1) is 10.6. The van der Waals surface area contributed by atoms with E-state index in [1.165, 1.54) is 31.5 Å². The van der Waals surface area contributed by atoms with Gasteiger partial charge >= 0.3 is 5.97 Å². The van der Waals surface area contributed by atoms with Crippen LogP contribution in [-0.2, 0) is 9.53 Å². The van der Waals surface area contributed by atoms with Crippen molar-refractivity contribution in [3.63, 3.8) is 0 Å². The Labute approximate surface area is 127 Å². The highest BCUT2D eigenvalue weighted by Gasteiger charge is 2.18. The summed E-state index contributed by atoms with van der Waals surface area (Å²) in [6, 6.07) is 11.4. The van der Waals surface area contributed by atoms with Crippen LogP contribution in [0.25, 0.3) is 0 Å². The number of carbonyl (C=O) groups is 2. The number of nitriles is 1. The molecule has 1 atom stereocenters. The number of carbonyl (C=O) groups excluding carboxylic acids is 2. The number of aromatic nitrogens is 1. The fourth-order valence-corrected chi connectivity index (χ4v) is 1.64. The Morgan fingerprint density at radius 3 is 2.41 bits per heavy atom. The van der Waals surface area contributed by atoms with Gasteiger partial charge in [-0.2, -0.15) is 5.26 Å². The lowest BCUT2D eigenvalue weighted by molar-refractivity contribution is -0.123. The van der Waals surface area contributed by atoms with Gasteiger partial charge in [-0.15, -0.1) is 0 Å². The van der Waals surface area contributed by atoms with Gasteiger partial charge in [-0.1, -0.05) is 0 Å². The molecule has 0 aliphatic carbocycles. The van der Waals surface area contributed by atoms with E-state index >= 15 is 0 Å². The Morgan fingerprint density at radius 2 is 1.82 bits per heavy atom. The van der Waals surface area contributed by atoms with Gasteiger partial charge in [0.1, 0.15) is 0 Å². The van der Waals surface area contributed by atoms with Crippen molar-refractivity contribution < 1.29 is 14.3 Å². The van der Waals surface area contributed by atoms with Crippen LogP contribution in [0, 0.1) is 11.3 Å². The third kappa shape index (κ3) is 3.90. The molecule has 6 heteroatoms. The van der Waals surface area contributed by atoms with Crippen molar-refractivity contribution in [1.29, 1.82) is 5.26 Å². The molecule has 0 saturated heterocycles. The molecule has 0 saturated carbocycles. The molecule has 0 aliphatic heterocycles. The van der Waals surface area contributed by atoms with Crippen LogP contribution in [0.3, 0.4) is 0 Å². The topological polar surface area (TPSA) is 92.1 Å². The van der Waals surface area contributed by atoms with Gasteiger partial charge in [0.15, 0.2) is 6.10 Å². The Balaban J connectivity index is 1.94. The largest absolute Gasteiger partial charge is 0.449 e. The highest BCUT2D eigenvalue weighted by Crippen LogP contribution is 2.10. The van der Waals surface area contributed by atoms with Gasteiger partial charge in [-0.05, 0) is 43.3 Å². The molecule has 6 nitrogen and oxygen atoms in total. The maximum atomic E-state index is 12.0. The Kier molecular flexibility index (Phi) is 4.83. The number of hydrogen-bond acceptors (Lipinski definition) is 5. The maximum absolute atomic E-state index is 12.0. The SMILES string of the molecule is C[C@H](OC(=O)c1ccncc1)C(=O)Nc1ccc(C#N)cc1. The molecule has 0 aliphatic rings. The number of hydrogen-bond donors (Lipinski definition) is 1. The van der Waals surface area contributed by atoms with Gasteiger partial charge < -0.3 is 10.1 Å². The predicted octanol–water partition coefficient (Wildman–Crippen LogP) is 2.14. The zero-order valence-corrected chi connectivity index (χ0v) is 11.8. The normalized spacial score (nSPS) is 11.1. The molecule has 0 fully saturated rings. The average molecular weight is 295 g/mol. The minimum absolute atomic E-state index is 0.327. The first kappa shape index (κ1) is 15.2. The van der Waals surface area contributed by atoms with Crippen molar-refractivity contribution in [2.75, 3.05) is 5.32 Å². The molecule has 1 amide bonds. The summed E-state index contributed by atoms with van der Waals surface area (Å²) in [5.74, 6) is -1.04. The molecule has 0 radical (unpaired) electrons. The highest BCUT2D eigenvalue weighted by atomic mass is 16.5. The second-order valence-electron chi connectivity index (χ2n) is 4.46. The van der Waals surface area contributed by atoms with Crippen molar-refractivity contribution in [2.24, 2.45) is 0 Å². The maximum Gasteiger partial charge on any atom is 0.339 e. The monoisotopic (exact) mass is 295 g/mol. The van der Waals surface area contributed by atoms with Gasteiger partial charge in [-0.3, -0.25) is 9.78 Å². The Morgan fingerprint density at radius 1 is 1.18 bits per heavy atom. The first-order valence-corrected chi connectivity index (χ1v) is 6.52. The van der Waals surface area contributed by atoms with E-state index in [2.05, 4.69) is 10.3 Å². The number of nitrogens with one attached hydrogen (secondary N) is 1. The minimum atomic E-state index is -0.948. The number of anilines is 1. The lowest BCUT2D eigenvalue weighted by atomic mass is 10.2. The molecule has 110 valence electrons. The third-order valence-corrected chi connectivity index (χ3v) is 2.85. The van der Waals surface area contributed by atoms with Crippen LogP contribution >= 0.6 is 0 Å². The van der Waals surface area contributed by atoms with Crippen LogP contribution < -0.4 is 5.32 Å². The fourth-order valence-electron chi connectivity index (χ4n) is 1.64. The summed E-state index contributed by atoms with van der Waals surface area (Å²) in [7, 11) is 0. The highest BCUT2D eigenvalue weighted by molar-refractivity contribution is 5.97. The van der Waals surface area contributed by atoms with E-state index in [0.29, 0.717) is 16.8 Å². The van der Waals surface area contributed by atoms with Crippen molar-refractivity contribution >= 4 is 17.6 Å². The van der Waals surface area contributed by atoms with Crippen molar-refractivity contribution in [2.45, 2.75) is 13.0 Å². The number of pyridine rings is 1. The van der Waals surface area contributed by atoms with Gasteiger partial charge in [0.25, 0.3) is 5.91 Å². The first-order valence-electron chi connectivity index (χ1n) is 6.52. The lowest BCUT2D eigenvalue weighted by Gasteiger charge is -2.13. The van der Waals surface area contributed by atoms with Gasteiger partial charge in [0, 0.05) is 18.1 Å². The fraction of sp³-hybridized carbons (Fsp3) is 0.125. The summed E-state index contributed by atoms with van der Waals surface area (Å²) < 4.78 is 5.08. The summed E-state index contributed by atoms with van der Waals surface area (Å²) in [5.41, 5.74) is 1.35. The molecule has 1 N–H and O–H groups in total. The second-order valence-corrected chi connectivity index (χ2v) is 4.46. The van der Waals surface area contributed by atoms with Crippen LogP contribution in [-0.4, -0.2) is 23.0 Å². The van der Waals surface area contributed by atoms with Crippen molar-refractivity contribution in [3.8, 4) is 6.07 Å². The zero-order chi connectivity index (χ0) is 15.9. The Bertz CT molecular complexity index is 706. The summed E-state index contributed by atoms with van der Waals surface area (Å²) in [5, 5.41) is 11.3. The molecule has 0 spiro atoms. The van der Waals surface area contributed by atoms with E-state index in [4.69, 9.17) is 10.00 Å². The molecule has 22 heavy (non-hydrogen) atoms. The van der Waals surface area contributed by atoms with Crippen LogP contribution in [0.15, 0.2) is 48.8 Å². The molecule has 0 unspecified atom stereocenters. The van der Waals surface area contributed by atoms with E-state index in [-0.39, 0.29) is 0 Å². The van der Waals surface area contributed by atoms with Crippen LogP contribution in [0.2, 0.25) is 0 Å².